The summed E-state index contributed by atoms with van der Waals surface area (Å²) < 4.78 is 7.06. The maximum Gasteiger partial charge on any atom is 0.258 e. The zero-order valence-electron chi connectivity index (χ0n) is 10.8. The lowest BCUT2D eigenvalue weighted by Gasteiger charge is -1.98. The van der Waals surface area contributed by atoms with Crippen molar-refractivity contribution in [2.24, 2.45) is 0 Å². The van der Waals surface area contributed by atoms with E-state index >= 15 is 0 Å². The van der Waals surface area contributed by atoms with Crippen LogP contribution in [0.5, 0.6) is 5.75 Å². The van der Waals surface area contributed by atoms with Crippen molar-refractivity contribution in [2.75, 3.05) is 0 Å². The van der Waals surface area contributed by atoms with Crippen molar-refractivity contribution in [3.05, 3.63) is 61.9 Å². The summed E-state index contributed by atoms with van der Waals surface area (Å²) in [4.78, 5) is 4.37. The topological polar surface area (TPSA) is 59.2 Å². The van der Waals surface area contributed by atoms with Crippen LogP contribution >= 0.6 is 38.5 Å². The van der Waals surface area contributed by atoms with Crippen molar-refractivity contribution in [3.63, 3.8) is 0 Å². The number of nitrogens with zero attached hydrogens (tertiary/aromatic N) is 2. The highest BCUT2D eigenvalue weighted by atomic mass is 127. The molecule has 2 aromatic carbocycles. The van der Waals surface area contributed by atoms with Crippen LogP contribution in [-0.2, 0) is 6.42 Å². The number of rotatable bonds is 3. The molecule has 0 aliphatic carbocycles. The molecule has 4 nitrogen and oxygen atoms in total. The Morgan fingerprint density at radius 2 is 2.05 bits per heavy atom. The van der Waals surface area contributed by atoms with Gasteiger partial charge in [0.05, 0.1) is 3.57 Å². The fraction of sp³-hybridized carbons (Fsp3) is 0.0667. The molecule has 1 heterocycles. The van der Waals surface area contributed by atoms with E-state index in [1.807, 2.05) is 36.4 Å². The van der Waals surface area contributed by atoms with Crippen LogP contribution in [0.15, 0.2) is 51.5 Å². The Hall–Kier alpha value is -1.41. The van der Waals surface area contributed by atoms with Crippen LogP contribution in [0.25, 0.3) is 11.5 Å². The van der Waals surface area contributed by atoms with Crippen molar-refractivity contribution in [2.45, 2.75) is 6.42 Å². The van der Waals surface area contributed by atoms with Crippen LogP contribution in [-0.4, -0.2) is 15.2 Å². The molecule has 3 rings (SSSR count). The molecule has 106 valence electrons. The highest BCUT2D eigenvalue weighted by Gasteiger charge is 2.11. The molecule has 0 bridgehead atoms. The van der Waals surface area contributed by atoms with Crippen LogP contribution in [0.2, 0.25) is 0 Å². The van der Waals surface area contributed by atoms with Crippen LogP contribution in [0, 0.1) is 3.57 Å². The minimum atomic E-state index is 0.208. The maximum absolute atomic E-state index is 9.73. The Bertz CT molecular complexity index is 789. The second-order valence-corrected chi connectivity index (χ2v) is 6.57. The molecule has 0 radical (unpaired) electrons. The van der Waals surface area contributed by atoms with Gasteiger partial charge in [-0.05, 0) is 58.5 Å². The van der Waals surface area contributed by atoms with E-state index in [0.717, 1.165) is 13.6 Å². The Balaban J connectivity index is 1.84. The van der Waals surface area contributed by atoms with E-state index in [-0.39, 0.29) is 5.75 Å². The number of halogens is 2. The molecular formula is C15H10BrIN2O2. The number of hydrogen-bond acceptors (Lipinski definition) is 4. The SMILES string of the molecule is Oc1cc(-c2nc(Cc3cccc(Br)c3)no2)ccc1I. The van der Waals surface area contributed by atoms with E-state index in [4.69, 9.17) is 4.52 Å². The van der Waals surface area contributed by atoms with Gasteiger partial charge in [0.2, 0.25) is 0 Å². The van der Waals surface area contributed by atoms with Gasteiger partial charge in [0, 0.05) is 16.5 Å². The van der Waals surface area contributed by atoms with Crippen LogP contribution in [0.3, 0.4) is 0 Å². The monoisotopic (exact) mass is 456 g/mol. The zero-order chi connectivity index (χ0) is 14.8. The van der Waals surface area contributed by atoms with Gasteiger partial charge in [-0.15, -0.1) is 0 Å². The lowest BCUT2D eigenvalue weighted by molar-refractivity contribution is 0.423. The molecule has 0 aliphatic rings. The van der Waals surface area contributed by atoms with Gasteiger partial charge < -0.3 is 9.63 Å². The predicted octanol–water partition coefficient (Wildman–Crippen LogP) is 4.40. The van der Waals surface area contributed by atoms with Crippen LogP contribution < -0.4 is 0 Å². The molecule has 0 spiro atoms. The average Bonchev–Trinajstić information content (AvgIpc) is 2.90. The molecule has 0 fully saturated rings. The molecule has 0 aliphatic heterocycles. The smallest absolute Gasteiger partial charge is 0.258 e. The third-order valence-corrected chi connectivity index (χ3v) is 4.32. The number of aromatic nitrogens is 2. The number of hydrogen-bond donors (Lipinski definition) is 1. The van der Waals surface area contributed by atoms with Crippen molar-refractivity contribution < 1.29 is 9.63 Å². The third-order valence-electron chi connectivity index (χ3n) is 2.91. The van der Waals surface area contributed by atoms with Gasteiger partial charge in [-0.25, -0.2) is 0 Å². The Morgan fingerprint density at radius 3 is 2.81 bits per heavy atom. The van der Waals surface area contributed by atoms with Crippen molar-refractivity contribution in [1.29, 1.82) is 0 Å². The largest absolute Gasteiger partial charge is 0.507 e. The van der Waals surface area contributed by atoms with E-state index in [1.165, 1.54) is 0 Å². The number of phenols is 1. The van der Waals surface area contributed by atoms with Gasteiger partial charge in [-0.2, -0.15) is 4.98 Å². The molecule has 6 heteroatoms. The lowest BCUT2D eigenvalue weighted by atomic mass is 10.1. The molecule has 21 heavy (non-hydrogen) atoms. The number of phenolic OH excluding ortho intramolecular Hbond substituents is 1. The molecule has 0 unspecified atom stereocenters. The van der Waals surface area contributed by atoms with Gasteiger partial charge in [0.15, 0.2) is 5.82 Å². The molecule has 1 N–H and O–H groups in total. The second kappa shape index (κ2) is 6.15. The highest BCUT2D eigenvalue weighted by molar-refractivity contribution is 14.1. The minimum absolute atomic E-state index is 0.208. The second-order valence-electron chi connectivity index (χ2n) is 4.49. The van der Waals surface area contributed by atoms with Crippen molar-refractivity contribution in [3.8, 4) is 17.2 Å². The highest BCUT2D eigenvalue weighted by Crippen LogP contribution is 2.26. The molecule has 1 aromatic heterocycles. The molecule has 0 saturated carbocycles. The Labute approximate surface area is 143 Å². The van der Waals surface area contributed by atoms with Gasteiger partial charge in [-0.1, -0.05) is 33.2 Å². The first-order valence-corrected chi connectivity index (χ1v) is 8.05. The summed E-state index contributed by atoms with van der Waals surface area (Å²) in [7, 11) is 0. The summed E-state index contributed by atoms with van der Waals surface area (Å²) in [6.07, 6.45) is 0.597. The molecular weight excluding hydrogens is 447 g/mol. The Kier molecular flexibility index (Phi) is 4.25. The van der Waals surface area contributed by atoms with E-state index in [1.54, 1.807) is 6.07 Å². The maximum atomic E-state index is 9.73. The number of benzene rings is 2. The summed E-state index contributed by atoms with van der Waals surface area (Å²) in [6.45, 7) is 0. The number of aromatic hydroxyl groups is 1. The lowest BCUT2D eigenvalue weighted by Crippen LogP contribution is -1.90. The zero-order valence-corrected chi connectivity index (χ0v) is 14.5. The summed E-state index contributed by atoms with van der Waals surface area (Å²) in [6, 6.07) is 13.3. The normalized spacial score (nSPS) is 10.8. The molecule has 0 amide bonds. The van der Waals surface area contributed by atoms with Gasteiger partial charge in [0.1, 0.15) is 5.75 Å². The summed E-state index contributed by atoms with van der Waals surface area (Å²) in [5.74, 6) is 1.23. The predicted molar refractivity (Wildman–Crippen MR) is 91.1 cm³/mol. The van der Waals surface area contributed by atoms with Crippen molar-refractivity contribution in [1.82, 2.24) is 10.1 Å². The van der Waals surface area contributed by atoms with E-state index in [9.17, 15) is 5.11 Å². The van der Waals surface area contributed by atoms with Crippen LogP contribution in [0.4, 0.5) is 0 Å². The summed E-state index contributed by atoms with van der Waals surface area (Å²) in [5, 5.41) is 13.7. The first-order valence-electron chi connectivity index (χ1n) is 6.18. The molecule has 3 aromatic rings. The fourth-order valence-electron chi connectivity index (χ4n) is 1.92. The van der Waals surface area contributed by atoms with Gasteiger partial charge >= 0.3 is 0 Å². The summed E-state index contributed by atoms with van der Waals surface area (Å²) >= 11 is 5.50. The standard InChI is InChI=1S/C15H10BrIN2O2/c16-11-3-1-2-9(6-11)7-14-18-15(21-19-14)10-4-5-12(17)13(20)8-10/h1-6,8,20H,7H2. The van der Waals surface area contributed by atoms with E-state index < -0.39 is 0 Å². The first-order chi connectivity index (χ1) is 10.1. The van der Waals surface area contributed by atoms with Gasteiger partial charge in [0.25, 0.3) is 5.89 Å². The minimum Gasteiger partial charge on any atom is -0.507 e. The summed E-state index contributed by atoms with van der Waals surface area (Å²) in [5.41, 5.74) is 1.81. The Morgan fingerprint density at radius 1 is 1.19 bits per heavy atom. The quantitative estimate of drug-likeness (QED) is 0.593. The average molecular weight is 457 g/mol. The van der Waals surface area contributed by atoms with Crippen LogP contribution in [0.1, 0.15) is 11.4 Å². The van der Waals surface area contributed by atoms with E-state index in [0.29, 0.717) is 23.7 Å². The molecule has 0 atom stereocenters. The first kappa shape index (κ1) is 14.5. The molecule has 0 saturated heterocycles. The third kappa shape index (κ3) is 3.44. The van der Waals surface area contributed by atoms with Gasteiger partial charge in [-0.3, -0.25) is 0 Å². The van der Waals surface area contributed by atoms with Crippen molar-refractivity contribution >= 4 is 38.5 Å². The fourth-order valence-corrected chi connectivity index (χ4v) is 2.70. The van der Waals surface area contributed by atoms with E-state index in [2.05, 4.69) is 48.7 Å².